The van der Waals surface area contributed by atoms with Gasteiger partial charge < -0.3 is 9.80 Å². The molecule has 3 aromatic rings. The van der Waals surface area contributed by atoms with Gasteiger partial charge in [-0.3, -0.25) is 14.0 Å². The molecule has 1 fully saturated rings. The first-order chi connectivity index (χ1) is 13.1. The summed E-state index contributed by atoms with van der Waals surface area (Å²) in [6, 6.07) is 15.6. The van der Waals surface area contributed by atoms with Gasteiger partial charge >= 0.3 is 0 Å². The number of nitrogens with zero attached hydrogens (tertiary/aromatic N) is 4. The summed E-state index contributed by atoms with van der Waals surface area (Å²) >= 11 is 0. The van der Waals surface area contributed by atoms with Gasteiger partial charge in [0.1, 0.15) is 11.2 Å². The van der Waals surface area contributed by atoms with E-state index in [0.717, 1.165) is 19.5 Å². The summed E-state index contributed by atoms with van der Waals surface area (Å²) in [6.07, 6.45) is 4.05. The fraction of sp³-hybridized carbons (Fsp3) is 0.286. The van der Waals surface area contributed by atoms with E-state index in [0.29, 0.717) is 18.1 Å². The van der Waals surface area contributed by atoms with E-state index in [1.807, 2.05) is 24.3 Å². The first-order valence-electron chi connectivity index (χ1n) is 9.15. The molecule has 0 unspecified atom stereocenters. The summed E-state index contributed by atoms with van der Waals surface area (Å²) in [7, 11) is 1.76. The second-order valence-electron chi connectivity index (χ2n) is 7.03. The molecule has 4 rings (SSSR count). The van der Waals surface area contributed by atoms with Gasteiger partial charge in [-0.15, -0.1) is 0 Å². The van der Waals surface area contributed by atoms with Crippen molar-refractivity contribution in [2.75, 3.05) is 31.6 Å². The predicted octanol–water partition coefficient (Wildman–Crippen LogP) is 2.29. The number of carbonyl (C=O) groups is 1. The van der Waals surface area contributed by atoms with Crippen molar-refractivity contribution in [2.45, 2.75) is 6.42 Å². The summed E-state index contributed by atoms with van der Waals surface area (Å²) in [4.78, 5) is 33.6. The Balaban J connectivity index is 1.46. The first-order valence-corrected chi connectivity index (χ1v) is 9.15. The SMILES string of the molecule is CN(C[C@H]1CCN(c2ccccc2)C1)C(=O)c1cnc2ccccn2c1=O. The molecule has 6 nitrogen and oxygen atoms in total. The van der Waals surface area contributed by atoms with Crippen molar-refractivity contribution in [3.05, 3.63) is 76.8 Å². The first kappa shape index (κ1) is 17.3. The number of aromatic nitrogens is 2. The second-order valence-corrected chi connectivity index (χ2v) is 7.03. The van der Waals surface area contributed by atoms with Gasteiger partial charge in [-0.05, 0) is 36.6 Å². The van der Waals surface area contributed by atoms with Crippen LogP contribution < -0.4 is 10.5 Å². The van der Waals surface area contributed by atoms with Crippen LogP contribution in [0.2, 0.25) is 0 Å². The van der Waals surface area contributed by atoms with Gasteiger partial charge in [-0.1, -0.05) is 24.3 Å². The van der Waals surface area contributed by atoms with Crippen LogP contribution in [0.25, 0.3) is 5.65 Å². The second kappa shape index (κ2) is 7.23. The topological polar surface area (TPSA) is 57.9 Å². The molecule has 0 bridgehead atoms. The summed E-state index contributed by atoms with van der Waals surface area (Å²) in [5, 5.41) is 0. The third-order valence-corrected chi connectivity index (χ3v) is 5.13. The van der Waals surface area contributed by atoms with Gasteiger partial charge in [0.15, 0.2) is 0 Å². The lowest BCUT2D eigenvalue weighted by atomic mass is 10.1. The Morgan fingerprint density at radius 1 is 1.19 bits per heavy atom. The van der Waals surface area contributed by atoms with E-state index in [1.165, 1.54) is 16.3 Å². The molecule has 2 aromatic heterocycles. The van der Waals surface area contributed by atoms with Crippen molar-refractivity contribution in [2.24, 2.45) is 5.92 Å². The number of para-hydroxylation sites is 1. The minimum absolute atomic E-state index is 0.110. The Kier molecular flexibility index (Phi) is 4.62. The van der Waals surface area contributed by atoms with Crippen molar-refractivity contribution in [1.29, 1.82) is 0 Å². The zero-order chi connectivity index (χ0) is 18.8. The number of pyridine rings is 1. The molecule has 1 aliphatic rings. The molecule has 1 atom stereocenters. The Bertz CT molecular complexity index is 1020. The lowest BCUT2D eigenvalue weighted by molar-refractivity contribution is 0.0774. The molecule has 138 valence electrons. The van der Waals surface area contributed by atoms with Crippen LogP contribution in [-0.4, -0.2) is 46.9 Å². The van der Waals surface area contributed by atoms with Crippen LogP contribution >= 0.6 is 0 Å². The fourth-order valence-corrected chi connectivity index (χ4v) is 3.70. The number of anilines is 1. The maximum absolute atomic E-state index is 12.8. The third kappa shape index (κ3) is 3.43. The highest BCUT2D eigenvalue weighted by atomic mass is 16.2. The summed E-state index contributed by atoms with van der Waals surface area (Å²) in [5.41, 5.74) is 1.54. The van der Waals surface area contributed by atoms with Crippen LogP contribution in [0.4, 0.5) is 5.69 Å². The van der Waals surface area contributed by atoms with Crippen molar-refractivity contribution in [3.63, 3.8) is 0 Å². The highest BCUT2D eigenvalue weighted by molar-refractivity contribution is 5.93. The lowest BCUT2D eigenvalue weighted by Gasteiger charge is -2.22. The Morgan fingerprint density at radius 2 is 1.96 bits per heavy atom. The van der Waals surface area contributed by atoms with Gasteiger partial charge in [-0.25, -0.2) is 4.98 Å². The number of hydrogen-bond acceptors (Lipinski definition) is 4. The molecule has 1 aromatic carbocycles. The van der Waals surface area contributed by atoms with Crippen molar-refractivity contribution >= 4 is 17.2 Å². The van der Waals surface area contributed by atoms with E-state index in [1.54, 1.807) is 30.3 Å². The maximum atomic E-state index is 12.8. The number of carbonyl (C=O) groups excluding carboxylic acids is 1. The summed E-state index contributed by atoms with van der Waals surface area (Å²) < 4.78 is 1.41. The van der Waals surface area contributed by atoms with E-state index in [9.17, 15) is 9.59 Å². The van der Waals surface area contributed by atoms with E-state index in [4.69, 9.17) is 0 Å². The van der Waals surface area contributed by atoms with Crippen molar-refractivity contribution < 1.29 is 4.79 Å². The minimum atomic E-state index is -0.324. The van der Waals surface area contributed by atoms with Gasteiger partial charge in [0.25, 0.3) is 11.5 Å². The Hall–Kier alpha value is -3.15. The summed E-state index contributed by atoms with van der Waals surface area (Å²) in [5.74, 6) is 0.110. The number of benzene rings is 1. The van der Waals surface area contributed by atoms with E-state index in [-0.39, 0.29) is 17.0 Å². The normalized spacial score (nSPS) is 16.6. The van der Waals surface area contributed by atoms with E-state index < -0.39 is 0 Å². The monoisotopic (exact) mass is 362 g/mol. The molecule has 0 spiro atoms. The zero-order valence-electron chi connectivity index (χ0n) is 15.3. The van der Waals surface area contributed by atoms with E-state index in [2.05, 4.69) is 22.0 Å². The molecule has 0 N–H and O–H groups in total. The smallest absolute Gasteiger partial charge is 0.270 e. The average molecular weight is 362 g/mol. The standard InChI is InChI=1S/C21H22N4O2/c1-23(14-16-10-12-24(15-16)17-7-3-2-4-8-17)20(26)18-13-22-19-9-5-6-11-25(19)21(18)27/h2-9,11,13,16H,10,12,14-15H2,1H3/t16-/m1/s1. The van der Waals surface area contributed by atoms with Crippen molar-refractivity contribution in [1.82, 2.24) is 14.3 Å². The number of hydrogen-bond donors (Lipinski definition) is 0. The number of fused-ring (bicyclic) bond motifs is 1. The molecular formula is C21H22N4O2. The minimum Gasteiger partial charge on any atom is -0.371 e. The molecule has 1 saturated heterocycles. The highest BCUT2D eigenvalue weighted by Gasteiger charge is 2.26. The molecule has 6 heteroatoms. The molecule has 1 aliphatic heterocycles. The quantitative estimate of drug-likeness (QED) is 0.715. The summed E-state index contributed by atoms with van der Waals surface area (Å²) in [6.45, 7) is 2.52. The van der Waals surface area contributed by atoms with Crippen LogP contribution in [0.1, 0.15) is 16.8 Å². The molecule has 0 saturated carbocycles. The molecule has 0 radical (unpaired) electrons. The molecule has 27 heavy (non-hydrogen) atoms. The molecule has 1 amide bonds. The molecular weight excluding hydrogens is 340 g/mol. The van der Waals surface area contributed by atoms with Crippen molar-refractivity contribution in [3.8, 4) is 0 Å². The third-order valence-electron chi connectivity index (χ3n) is 5.13. The van der Waals surface area contributed by atoms with Gasteiger partial charge in [0, 0.05) is 44.8 Å². The van der Waals surface area contributed by atoms with Gasteiger partial charge in [0.2, 0.25) is 0 Å². The largest absolute Gasteiger partial charge is 0.371 e. The van der Waals surface area contributed by atoms with E-state index >= 15 is 0 Å². The lowest BCUT2D eigenvalue weighted by Crippen LogP contribution is -2.37. The van der Waals surface area contributed by atoms with Crippen LogP contribution in [0.15, 0.2) is 65.7 Å². The van der Waals surface area contributed by atoms with Crippen LogP contribution in [0, 0.1) is 5.92 Å². The maximum Gasteiger partial charge on any atom is 0.270 e. The Morgan fingerprint density at radius 3 is 2.78 bits per heavy atom. The van der Waals surface area contributed by atoms with Gasteiger partial charge in [-0.2, -0.15) is 0 Å². The fourth-order valence-electron chi connectivity index (χ4n) is 3.70. The van der Waals surface area contributed by atoms with Crippen LogP contribution in [0.3, 0.4) is 0 Å². The molecule has 3 heterocycles. The Labute approximate surface area is 157 Å². The predicted molar refractivity (Wildman–Crippen MR) is 105 cm³/mol. The molecule has 0 aliphatic carbocycles. The zero-order valence-corrected chi connectivity index (χ0v) is 15.3. The average Bonchev–Trinajstić information content (AvgIpc) is 3.17. The van der Waals surface area contributed by atoms with Crippen LogP contribution in [0.5, 0.6) is 0 Å². The number of rotatable bonds is 4. The van der Waals surface area contributed by atoms with Gasteiger partial charge in [0.05, 0.1) is 0 Å². The highest BCUT2D eigenvalue weighted by Crippen LogP contribution is 2.24. The van der Waals surface area contributed by atoms with Crippen LogP contribution in [-0.2, 0) is 0 Å². The number of amides is 1.